The van der Waals surface area contributed by atoms with Crippen LogP contribution >= 0.6 is 0 Å². The molecule has 1 amide bonds. The molecule has 0 aromatic rings. The standard InChI is InChI=1S/C14H24N2O/c1-15-9-10-2-4-16(5-3-10)14(17)13-7-11-6-12(11)8-13/h10-13,15H,2-9H2,1H3. The number of carbonyl (C=O) groups excluding carboxylic acids is 1. The minimum atomic E-state index is 0.389. The van der Waals surface area contributed by atoms with Gasteiger partial charge in [0.1, 0.15) is 0 Å². The quantitative estimate of drug-likeness (QED) is 0.805. The molecule has 1 aliphatic heterocycles. The maximum Gasteiger partial charge on any atom is 0.225 e. The second-order valence-corrected chi connectivity index (χ2v) is 6.25. The maximum absolute atomic E-state index is 12.3. The number of carbonyl (C=O) groups is 1. The summed E-state index contributed by atoms with van der Waals surface area (Å²) in [6, 6.07) is 0. The van der Waals surface area contributed by atoms with Crippen LogP contribution in [0.2, 0.25) is 0 Å². The van der Waals surface area contributed by atoms with Crippen molar-refractivity contribution in [3.63, 3.8) is 0 Å². The first-order chi connectivity index (χ1) is 8.28. The molecule has 0 aromatic heterocycles. The number of rotatable bonds is 3. The summed E-state index contributed by atoms with van der Waals surface area (Å²) < 4.78 is 0. The van der Waals surface area contributed by atoms with Crippen LogP contribution in [0.5, 0.6) is 0 Å². The highest BCUT2D eigenvalue weighted by molar-refractivity contribution is 5.79. The van der Waals surface area contributed by atoms with E-state index in [2.05, 4.69) is 10.2 Å². The molecule has 17 heavy (non-hydrogen) atoms. The molecule has 3 aliphatic rings. The predicted molar refractivity (Wildman–Crippen MR) is 67.6 cm³/mol. The second-order valence-electron chi connectivity index (χ2n) is 6.25. The average Bonchev–Trinajstić information content (AvgIpc) is 2.97. The molecule has 3 fully saturated rings. The van der Waals surface area contributed by atoms with Crippen LogP contribution in [-0.2, 0) is 4.79 Å². The van der Waals surface area contributed by atoms with E-state index >= 15 is 0 Å². The van der Waals surface area contributed by atoms with Crippen molar-refractivity contribution in [3.8, 4) is 0 Å². The Labute approximate surface area is 104 Å². The summed E-state index contributed by atoms with van der Waals surface area (Å²) in [6.07, 6.45) is 6.17. The number of piperidine rings is 1. The highest BCUT2D eigenvalue weighted by Crippen LogP contribution is 2.54. The van der Waals surface area contributed by atoms with Gasteiger partial charge in [-0.2, -0.15) is 0 Å². The Morgan fingerprint density at radius 2 is 1.82 bits per heavy atom. The van der Waals surface area contributed by atoms with Gasteiger partial charge in [0.05, 0.1) is 0 Å². The van der Waals surface area contributed by atoms with E-state index in [1.165, 1.54) is 32.1 Å². The fourth-order valence-electron chi connectivity index (χ4n) is 3.82. The molecule has 3 nitrogen and oxygen atoms in total. The summed E-state index contributed by atoms with van der Waals surface area (Å²) in [5.41, 5.74) is 0. The molecule has 2 saturated carbocycles. The molecule has 2 atom stereocenters. The zero-order chi connectivity index (χ0) is 11.8. The fraction of sp³-hybridized carbons (Fsp3) is 0.929. The van der Waals surface area contributed by atoms with Gasteiger partial charge in [0.2, 0.25) is 5.91 Å². The Morgan fingerprint density at radius 3 is 2.41 bits per heavy atom. The number of amides is 1. The van der Waals surface area contributed by atoms with Crippen molar-refractivity contribution in [3.05, 3.63) is 0 Å². The van der Waals surface area contributed by atoms with Crippen molar-refractivity contribution in [1.82, 2.24) is 10.2 Å². The van der Waals surface area contributed by atoms with E-state index < -0.39 is 0 Å². The van der Waals surface area contributed by atoms with Gasteiger partial charge in [0.25, 0.3) is 0 Å². The van der Waals surface area contributed by atoms with Crippen LogP contribution in [0.25, 0.3) is 0 Å². The molecule has 0 aromatic carbocycles. The number of nitrogens with one attached hydrogen (secondary N) is 1. The van der Waals surface area contributed by atoms with E-state index in [0.29, 0.717) is 11.8 Å². The van der Waals surface area contributed by atoms with E-state index in [1.807, 2.05) is 7.05 Å². The van der Waals surface area contributed by atoms with Crippen LogP contribution in [0.4, 0.5) is 0 Å². The first-order valence-corrected chi connectivity index (χ1v) is 7.21. The first-order valence-electron chi connectivity index (χ1n) is 7.21. The van der Waals surface area contributed by atoms with E-state index in [4.69, 9.17) is 0 Å². The van der Waals surface area contributed by atoms with Gasteiger partial charge >= 0.3 is 0 Å². The average molecular weight is 236 g/mol. The molecule has 0 bridgehead atoms. The molecule has 96 valence electrons. The molecule has 2 aliphatic carbocycles. The van der Waals surface area contributed by atoms with Crippen LogP contribution in [0, 0.1) is 23.7 Å². The summed E-state index contributed by atoms with van der Waals surface area (Å²) in [6.45, 7) is 3.10. The summed E-state index contributed by atoms with van der Waals surface area (Å²) in [4.78, 5) is 14.5. The Balaban J connectivity index is 1.47. The summed E-state index contributed by atoms with van der Waals surface area (Å²) in [5, 5.41) is 3.24. The van der Waals surface area contributed by atoms with Crippen molar-refractivity contribution in [2.75, 3.05) is 26.7 Å². The Morgan fingerprint density at radius 1 is 1.18 bits per heavy atom. The first kappa shape index (κ1) is 11.5. The van der Waals surface area contributed by atoms with Crippen molar-refractivity contribution in [2.45, 2.75) is 32.1 Å². The van der Waals surface area contributed by atoms with Gasteiger partial charge in [-0.3, -0.25) is 4.79 Å². The molecule has 3 heteroatoms. The second kappa shape index (κ2) is 4.60. The molecule has 2 unspecified atom stereocenters. The van der Waals surface area contributed by atoms with Gasteiger partial charge in [-0.1, -0.05) is 0 Å². The molecule has 1 saturated heterocycles. The van der Waals surface area contributed by atoms with Crippen LogP contribution in [0.15, 0.2) is 0 Å². The molecule has 1 heterocycles. The van der Waals surface area contributed by atoms with Crippen molar-refractivity contribution in [1.29, 1.82) is 0 Å². The largest absolute Gasteiger partial charge is 0.342 e. The molecule has 3 rings (SSSR count). The molecule has 1 N–H and O–H groups in total. The Hall–Kier alpha value is -0.570. The zero-order valence-corrected chi connectivity index (χ0v) is 10.8. The van der Waals surface area contributed by atoms with Crippen molar-refractivity contribution in [2.24, 2.45) is 23.7 Å². The molecule has 0 spiro atoms. The van der Waals surface area contributed by atoms with Gasteiger partial charge in [-0.05, 0) is 63.5 Å². The lowest BCUT2D eigenvalue weighted by atomic mass is 9.94. The summed E-state index contributed by atoms with van der Waals surface area (Å²) >= 11 is 0. The lowest BCUT2D eigenvalue weighted by Crippen LogP contribution is -2.43. The van der Waals surface area contributed by atoms with E-state index in [-0.39, 0.29) is 0 Å². The van der Waals surface area contributed by atoms with Gasteiger partial charge in [0, 0.05) is 19.0 Å². The fourth-order valence-corrected chi connectivity index (χ4v) is 3.82. The van der Waals surface area contributed by atoms with Crippen LogP contribution in [0.3, 0.4) is 0 Å². The van der Waals surface area contributed by atoms with Gasteiger partial charge in [0.15, 0.2) is 0 Å². The van der Waals surface area contributed by atoms with Gasteiger partial charge in [-0.25, -0.2) is 0 Å². The number of hydrogen-bond donors (Lipinski definition) is 1. The molecular weight excluding hydrogens is 212 g/mol. The van der Waals surface area contributed by atoms with Crippen molar-refractivity contribution < 1.29 is 4.79 Å². The molecule has 0 radical (unpaired) electrons. The normalized spacial score (nSPS) is 37.0. The van der Waals surface area contributed by atoms with Gasteiger partial charge < -0.3 is 10.2 Å². The number of fused-ring (bicyclic) bond motifs is 1. The SMILES string of the molecule is CNCC1CCN(C(=O)C2CC3CC3C2)CC1. The highest BCUT2D eigenvalue weighted by atomic mass is 16.2. The third-order valence-corrected chi connectivity index (χ3v) is 5.01. The number of nitrogens with zero attached hydrogens (tertiary/aromatic N) is 1. The smallest absolute Gasteiger partial charge is 0.225 e. The maximum atomic E-state index is 12.3. The summed E-state index contributed by atoms with van der Waals surface area (Å²) in [5.74, 6) is 3.48. The van der Waals surface area contributed by atoms with Crippen molar-refractivity contribution >= 4 is 5.91 Å². The third-order valence-electron chi connectivity index (χ3n) is 5.01. The third kappa shape index (κ3) is 2.35. The van der Waals surface area contributed by atoms with E-state index in [0.717, 1.165) is 37.4 Å². The predicted octanol–water partition coefficient (Wildman–Crippen LogP) is 1.49. The summed E-state index contributed by atoms with van der Waals surface area (Å²) in [7, 11) is 2.02. The number of hydrogen-bond acceptors (Lipinski definition) is 2. The highest BCUT2D eigenvalue weighted by Gasteiger charge is 2.48. The van der Waals surface area contributed by atoms with Crippen LogP contribution in [0.1, 0.15) is 32.1 Å². The van der Waals surface area contributed by atoms with E-state index in [1.54, 1.807) is 0 Å². The lowest BCUT2D eigenvalue weighted by Gasteiger charge is -2.33. The number of likely N-dealkylation sites (tertiary alicyclic amines) is 1. The monoisotopic (exact) mass is 236 g/mol. The zero-order valence-electron chi connectivity index (χ0n) is 10.8. The Bertz CT molecular complexity index is 287. The van der Waals surface area contributed by atoms with Crippen LogP contribution < -0.4 is 5.32 Å². The van der Waals surface area contributed by atoms with Gasteiger partial charge in [-0.15, -0.1) is 0 Å². The van der Waals surface area contributed by atoms with Crippen LogP contribution in [-0.4, -0.2) is 37.5 Å². The van der Waals surface area contributed by atoms with E-state index in [9.17, 15) is 4.79 Å². The topological polar surface area (TPSA) is 32.3 Å². The lowest BCUT2D eigenvalue weighted by molar-refractivity contribution is -0.137. The molecular formula is C14H24N2O. The minimum Gasteiger partial charge on any atom is -0.342 e. The Kier molecular flexibility index (Phi) is 3.12. The minimum absolute atomic E-state index is 0.389.